The van der Waals surface area contributed by atoms with Gasteiger partial charge in [0.25, 0.3) is 34.7 Å². The fraction of sp³-hybridized carbons (Fsp3) is 0.373. The first kappa shape index (κ1) is 102. The van der Waals surface area contributed by atoms with Gasteiger partial charge in [0.1, 0.15) is 74.9 Å². The highest BCUT2D eigenvalue weighted by Crippen LogP contribution is 2.42. The number of carboxylic acid groups (broad SMARTS) is 1. The summed E-state index contributed by atoms with van der Waals surface area (Å²) < 4.78 is 57.4. The number of hydrogen-bond acceptors (Lipinski definition) is 33. The summed E-state index contributed by atoms with van der Waals surface area (Å²) in [6, 6.07) is 42.3. The Morgan fingerprint density at radius 2 is 0.626 bits per heavy atom. The summed E-state index contributed by atoms with van der Waals surface area (Å²) in [4.78, 5) is 200. The molecule has 10 heterocycles. The van der Waals surface area contributed by atoms with E-state index in [9.17, 15) is 85.1 Å². The molecule has 0 spiro atoms. The number of benzene rings is 6. The van der Waals surface area contributed by atoms with E-state index in [1.165, 1.54) is 28.9 Å². The Hall–Kier alpha value is -16.6. The van der Waals surface area contributed by atoms with Crippen LogP contribution in [-0.2, 0) is 35.1 Å². The van der Waals surface area contributed by atoms with Crippen molar-refractivity contribution in [2.45, 2.75) is 193 Å². The van der Waals surface area contributed by atoms with Gasteiger partial charge in [0, 0.05) is 92.9 Å². The van der Waals surface area contributed by atoms with Crippen LogP contribution in [0.25, 0.3) is 67.5 Å². The molecule has 2 amide bonds. The lowest BCUT2D eigenvalue weighted by atomic mass is 9.89. The second kappa shape index (κ2) is 41.2. The number of likely N-dealkylation sites (tertiary alicyclic amines) is 2. The van der Waals surface area contributed by atoms with Crippen LogP contribution in [0.4, 0.5) is 22.8 Å². The lowest BCUT2D eigenvalue weighted by molar-refractivity contribution is -0.192. The van der Waals surface area contributed by atoms with Crippen molar-refractivity contribution in [3.63, 3.8) is 0 Å². The summed E-state index contributed by atoms with van der Waals surface area (Å²) in [5.41, 5.74) is 8.50. The van der Waals surface area contributed by atoms with Crippen LogP contribution in [0.2, 0.25) is 0 Å². The molecule has 0 atom stereocenters. The Bertz CT molecular complexity index is 7320. The van der Waals surface area contributed by atoms with Gasteiger partial charge in [-0.2, -0.15) is 42.9 Å². The summed E-state index contributed by atoms with van der Waals surface area (Å²) in [6.07, 6.45) is 4.33. The predicted octanol–water partition coefficient (Wildman–Crippen LogP) is 13.1. The van der Waals surface area contributed by atoms with Crippen molar-refractivity contribution < 1.29 is 114 Å². The fourth-order valence-corrected chi connectivity index (χ4v) is 18.3. The molecule has 7 aliphatic carbocycles. The van der Waals surface area contributed by atoms with E-state index in [4.69, 9.17) is 28.8 Å². The van der Waals surface area contributed by atoms with Crippen LogP contribution in [0.15, 0.2) is 146 Å². The zero-order valence-electron chi connectivity index (χ0n) is 81.1. The Morgan fingerprint density at radius 1 is 0.333 bits per heavy atom. The molecular weight excluding hydrogens is 1910 g/mol. The topological polar surface area (TPSA) is 533 Å². The molecule has 4 saturated heterocycles. The minimum absolute atomic E-state index is 0.0274. The van der Waals surface area contributed by atoms with Gasteiger partial charge in [-0.25, -0.2) is 28.4 Å². The number of fused-ring (bicyclic) bond motifs is 18. The third kappa shape index (κ3) is 21.1. The SMILES string of the molecule is CC(C)(C)OC(=O)Cn1nnc2c1C(=O)C(=O)c1ccccc1-2.CC(C)(C)OC(=O)N1CCC(n2nc3c(n2)-c2ccccc2C(=O)C3=O)CC1.CC(C)(C)OC(=O)N1CCC(n2nnc3c2C(=O)C(=O)c2ccccc2-3)CC1.O=C(O)C(F)(F)F.O=C1C(=O)c2nn(C3CCNCC3)nc2-c2ccccc21.O=C1C(=O)c2nn(C3COC3)nc2-c2ccccc21.O=C1C(=O)c2nnn(C3CCCCC3)c2-c2ccccc21. The fourth-order valence-electron chi connectivity index (χ4n) is 18.3. The summed E-state index contributed by atoms with van der Waals surface area (Å²) in [5.74, 6) is -10.1. The van der Waals surface area contributed by atoms with Crippen LogP contribution in [0.3, 0.4) is 0 Å². The van der Waals surface area contributed by atoms with Crippen molar-refractivity contribution in [2.24, 2.45) is 0 Å². The number of aromatic nitrogens is 18. The average molecular weight is 2010 g/mol. The number of nitrogens with zero attached hydrogens (tertiary/aromatic N) is 20. The molecule has 4 aliphatic heterocycles. The number of halogens is 3. The minimum atomic E-state index is -5.08. The molecular formula is C102H98F3N21O21. The number of aliphatic carboxylic acids is 1. The molecule has 1 saturated carbocycles. The summed E-state index contributed by atoms with van der Waals surface area (Å²) in [6.45, 7) is 20.9. The van der Waals surface area contributed by atoms with E-state index in [2.05, 4.69) is 66.8 Å². The number of nitrogens with one attached hydrogen (secondary N) is 1. The van der Waals surface area contributed by atoms with Crippen molar-refractivity contribution in [3.8, 4) is 67.5 Å². The van der Waals surface area contributed by atoms with Gasteiger partial charge in [0.05, 0.1) is 37.4 Å². The highest BCUT2D eigenvalue weighted by atomic mass is 19.4. The van der Waals surface area contributed by atoms with E-state index in [1.807, 2.05) is 88.7 Å². The largest absolute Gasteiger partial charge is 0.490 e. The molecule has 758 valence electrons. The van der Waals surface area contributed by atoms with Gasteiger partial charge in [-0.05, 0) is 127 Å². The van der Waals surface area contributed by atoms with Crippen molar-refractivity contribution >= 4 is 93.5 Å². The van der Waals surface area contributed by atoms with Gasteiger partial charge in [-0.15, -0.1) is 30.6 Å². The number of rotatable bonds is 7. The number of carbonyl (C=O) groups is 16. The van der Waals surface area contributed by atoms with E-state index in [0.29, 0.717) is 155 Å². The number of esters is 1. The Labute approximate surface area is 834 Å². The average Bonchev–Trinajstić information content (AvgIpc) is 1.61. The van der Waals surface area contributed by atoms with E-state index in [-0.39, 0.29) is 83.1 Å². The van der Waals surface area contributed by atoms with Crippen LogP contribution < -0.4 is 5.32 Å². The quantitative estimate of drug-likeness (QED) is 0.0850. The van der Waals surface area contributed by atoms with Gasteiger partial charge >= 0.3 is 30.3 Å². The molecule has 6 aromatic carbocycles. The van der Waals surface area contributed by atoms with Crippen molar-refractivity contribution in [1.82, 2.24) is 105 Å². The van der Waals surface area contributed by atoms with Gasteiger partial charge < -0.3 is 39.2 Å². The van der Waals surface area contributed by atoms with Gasteiger partial charge in [-0.3, -0.25) is 62.3 Å². The monoisotopic (exact) mass is 2010 g/mol. The maximum absolute atomic E-state index is 12.7. The Morgan fingerprint density at radius 3 is 1.00 bits per heavy atom. The van der Waals surface area contributed by atoms with Crippen molar-refractivity contribution in [1.29, 1.82) is 0 Å². The van der Waals surface area contributed by atoms with E-state index in [1.54, 1.807) is 143 Å². The number of piperidine rings is 3. The summed E-state index contributed by atoms with van der Waals surface area (Å²) >= 11 is 0. The normalized spacial score (nSPS) is 16.8. The third-order valence-electron chi connectivity index (χ3n) is 25.4. The highest BCUT2D eigenvalue weighted by molar-refractivity contribution is 6.55. The standard InChI is InChI=1S/2C20H22N4O4.C16H15N3O4.C16H15N3O2.C15H14N4O2.C13H9N3O3.C2HF3O2/c1-20(2,3)28-19(27)23-10-8-12(9-11-23)24-16-15(21-22-24)13-6-4-5-7-14(13)17(25)18(16)26;1-20(2,3)28-19(27)23-10-8-12(9-11-23)24-21-15-13-6-4-5-7-14(13)17(25)18(26)16(15)22-24;1-16(2,3)23-11(20)8-19-13-12(17-18-19)9-6-4-5-7-10(9)14(21)15(13)22;20-15-12-9-5-4-8-11(12)14-13(16(15)21)17-18-19(14)10-6-2-1-3-7-10;20-14-11-4-2-1-3-10(11)12-13(15(14)21)18-19(17-12)9-5-7-16-8-6-9;17-12-9-4-2-1-3-8(9)10-11(13(12)18)15-16(14-10)7-5-19-6-7;3-2(4,5)1(6)7/h2*4-7,12H,8-11H2,1-3H3;4-7H,8H2,1-3H3;4-5,8-10H,1-3,6-7H2;1-4,9,16H,5-8H2;1-4,7H,5-6H2;(H,6,7). The predicted molar refractivity (Wildman–Crippen MR) is 510 cm³/mol. The number of hydrogen-bond donors (Lipinski definition) is 2. The number of carboxylic acids is 1. The second-order valence-corrected chi connectivity index (χ2v) is 39.0. The number of ketones is 12. The smallest absolute Gasteiger partial charge is 0.475 e. The maximum atomic E-state index is 12.7. The third-order valence-corrected chi connectivity index (χ3v) is 25.4. The lowest BCUT2D eigenvalue weighted by Gasteiger charge is -2.33. The molecule has 2 N–H and O–H groups in total. The van der Waals surface area contributed by atoms with Crippen LogP contribution in [-0.4, -0.2) is 274 Å². The number of alkyl halides is 3. The number of carbonyl (C=O) groups excluding carboxylic acids is 15. The maximum Gasteiger partial charge on any atom is 0.490 e. The number of ether oxygens (including phenoxy) is 4. The Kier molecular flexibility index (Phi) is 28.6. The molecule has 0 bridgehead atoms. The van der Waals surface area contributed by atoms with Gasteiger partial charge in [-0.1, -0.05) is 180 Å². The molecule has 23 rings (SSSR count). The molecule has 42 nitrogen and oxygen atoms in total. The molecule has 0 radical (unpaired) electrons. The van der Waals surface area contributed by atoms with Crippen LogP contribution >= 0.6 is 0 Å². The molecule has 11 aliphatic rings. The van der Waals surface area contributed by atoms with Gasteiger partial charge in [0.2, 0.25) is 34.7 Å². The minimum Gasteiger partial charge on any atom is -0.475 e. The molecule has 6 aromatic heterocycles. The second-order valence-electron chi connectivity index (χ2n) is 39.0. The summed E-state index contributed by atoms with van der Waals surface area (Å²) in [7, 11) is 0. The zero-order valence-corrected chi connectivity index (χ0v) is 81.1. The molecule has 12 aromatic rings. The van der Waals surface area contributed by atoms with E-state index < -0.39 is 104 Å². The number of Topliss-reactive ketones (excluding diaryl/α,β-unsaturated/α-hetero) is 12. The highest BCUT2D eigenvalue weighted by Gasteiger charge is 2.46. The first-order valence-electron chi connectivity index (χ1n) is 47.6. The van der Waals surface area contributed by atoms with Crippen LogP contribution in [0, 0.1) is 0 Å². The van der Waals surface area contributed by atoms with E-state index in [0.717, 1.165) is 54.7 Å². The van der Waals surface area contributed by atoms with Crippen LogP contribution in [0.5, 0.6) is 0 Å². The van der Waals surface area contributed by atoms with Gasteiger partial charge in [0.15, 0.2) is 22.8 Å². The first-order valence-corrected chi connectivity index (χ1v) is 47.6. The van der Waals surface area contributed by atoms with Crippen molar-refractivity contribution in [2.75, 3.05) is 52.5 Å². The molecule has 5 fully saturated rings. The first-order chi connectivity index (χ1) is 70.0. The molecule has 147 heavy (non-hydrogen) atoms. The Balaban J connectivity index is 0.000000119. The number of amides is 2. The van der Waals surface area contributed by atoms with Crippen LogP contribution in [0.1, 0.15) is 288 Å². The van der Waals surface area contributed by atoms with E-state index >= 15 is 0 Å². The lowest BCUT2D eigenvalue weighted by Crippen LogP contribution is -2.42. The molecule has 45 heteroatoms. The van der Waals surface area contributed by atoms with Crippen molar-refractivity contribution in [3.05, 3.63) is 213 Å². The molecule has 0 unspecified atom stereocenters. The zero-order chi connectivity index (χ0) is 105. The summed E-state index contributed by atoms with van der Waals surface area (Å²) in [5, 5.41) is 61.0.